The van der Waals surface area contributed by atoms with Crippen LogP contribution in [0.3, 0.4) is 0 Å². The number of aryl methyl sites for hydroxylation is 1. The fourth-order valence-electron chi connectivity index (χ4n) is 2.96. The Morgan fingerprint density at radius 1 is 1.37 bits per heavy atom. The lowest BCUT2D eigenvalue weighted by molar-refractivity contribution is -0.137. The Kier molecular flexibility index (Phi) is 5.46. The van der Waals surface area contributed by atoms with Crippen LogP contribution in [0.15, 0.2) is 34.9 Å². The van der Waals surface area contributed by atoms with Crippen molar-refractivity contribution in [2.45, 2.75) is 13.3 Å². The van der Waals surface area contributed by atoms with E-state index in [0.29, 0.717) is 22.3 Å². The van der Waals surface area contributed by atoms with Crippen molar-refractivity contribution in [1.29, 1.82) is 0 Å². The Balaban J connectivity index is 1.57. The maximum Gasteiger partial charge on any atom is 0.245 e. The van der Waals surface area contributed by atoms with Gasteiger partial charge in [-0.25, -0.2) is 0 Å². The highest BCUT2D eigenvalue weighted by Crippen LogP contribution is 2.27. The molecule has 1 saturated heterocycles. The van der Waals surface area contributed by atoms with Gasteiger partial charge in [0, 0.05) is 36.8 Å². The molecule has 3 amide bonds. The molecule has 8 nitrogen and oxygen atoms in total. The molecule has 1 atom stereocenters. The molecule has 1 unspecified atom stereocenters. The molecule has 27 heavy (non-hydrogen) atoms. The zero-order chi connectivity index (χ0) is 19.6. The Labute approximate surface area is 161 Å². The summed E-state index contributed by atoms with van der Waals surface area (Å²) >= 11 is 5.87. The predicted molar refractivity (Wildman–Crippen MR) is 99.4 cm³/mol. The van der Waals surface area contributed by atoms with E-state index in [0.717, 1.165) is 0 Å². The summed E-state index contributed by atoms with van der Waals surface area (Å²) in [5.74, 6) is -0.416. The maximum absolute atomic E-state index is 12.6. The smallest absolute Gasteiger partial charge is 0.245 e. The van der Waals surface area contributed by atoms with Crippen molar-refractivity contribution in [3.63, 3.8) is 0 Å². The fraction of sp³-hybridized carbons (Fsp3) is 0.333. The van der Waals surface area contributed by atoms with Crippen LogP contribution in [0.1, 0.15) is 12.2 Å². The van der Waals surface area contributed by atoms with Crippen LogP contribution in [-0.2, 0) is 14.4 Å². The molecule has 1 aromatic carbocycles. The molecular weight excluding hydrogens is 372 g/mol. The first-order chi connectivity index (χ1) is 12.8. The van der Waals surface area contributed by atoms with Gasteiger partial charge in [-0.05, 0) is 31.2 Å². The number of halogens is 1. The standard InChI is InChI=1S/C18H19ClN4O4/c1-11-7-15(21-27-11)20-16(24)10-22(2)18(26)12-8-17(25)23(9-12)14-5-3-13(19)4-6-14/h3-7,12H,8-10H2,1-2H3,(H,20,21,24). The van der Waals surface area contributed by atoms with Crippen LogP contribution in [0.2, 0.25) is 5.02 Å². The lowest BCUT2D eigenvalue weighted by Gasteiger charge is -2.21. The number of amides is 3. The van der Waals surface area contributed by atoms with Crippen LogP contribution in [0.4, 0.5) is 11.5 Å². The van der Waals surface area contributed by atoms with Crippen molar-refractivity contribution in [3.05, 3.63) is 41.1 Å². The van der Waals surface area contributed by atoms with E-state index in [1.807, 2.05) is 0 Å². The SMILES string of the molecule is Cc1cc(NC(=O)CN(C)C(=O)C2CC(=O)N(c3ccc(Cl)cc3)C2)no1. The molecule has 9 heteroatoms. The van der Waals surface area contributed by atoms with Gasteiger partial charge in [-0.3, -0.25) is 14.4 Å². The zero-order valence-electron chi connectivity index (χ0n) is 14.9. The fourth-order valence-corrected chi connectivity index (χ4v) is 3.08. The number of rotatable bonds is 5. The highest BCUT2D eigenvalue weighted by molar-refractivity contribution is 6.30. The summed E-state index contributed by atoms with van der Waals surface area (Å²) in [6.45, 7) is 1.84. The molecule has 2 aromatic rings. The van der Waals surface area contributed by atoms with E-state index in [1.165, 1.54) is 11.9 Å². The van der Waals surface area contributed by atoms with Gasteiger partial charge >= 0.3 is 0 Å². The Bertz CT molecular complexity index is 865. The van der Waals surface area contributed by atoms with E-state index >= 15 is 0 Å². The van der Waals surface area contributed by atoms with Crippen LogP contribution in [0.25, 0.3) is 0 Å². The number of benzene rings is 1. The van der Waals surface area contributed by atoms with Crippen molar-refractivity contribution in [1.82, 2.24) is 10.1 Å². The Morgan fingerprint density at radius 2 is 2.07 bits per heavy atom. The molecular formula is C18H19ClN4O4. The number of anilines is 2. The highest BCUT2D eigenvalue weighted by Gasteiger charge is 2.36. The van der Waals surface area contributed by atoms with Gasteiger partial charge < -0.3 is 19.6 Å². The van der Waals surface area contributed by atoms with E-state index in [-0.39, 0.29) is 31.3 Å². The second kappa shape index (κ2) is 7.79. The summed E-state index contributed by atoms with van der Waals surface area (Å²) in [5.41, 5.74) is 0.696. The number of nitrogens with zero attached hydrogens (tertiary/aromatic N) is 3. The van der Waals surface area contributed by atoms with Gasteiger partial charge in [-0.1, -0.05) is 16.8 Å². The number of nitrogens with one attached hydrogen (secondary N) is 1. The topological polar surface area (TPSA) is 95.8 Å². The van der Waals surface area contributed by atoms with Crippen LogP contribution < -0.4 is 10.2 Å². The van der Waals surface area contributed by atoms with Crippen molar-refractivity contribution >= 4 is 40.8 Å². The second-order valence-corrected chi connectivity index (χ2v) is 6.88. The van der Waals surface area contributed by atoms with Gasteiger partial charge in [-0.2, -0.15) is 0 Å². The van der Waals surface area contributed by atoms with Crippen LogP contribution >= 0.6 is 11.6 Å². The quantitative estimate of drug-likeness (QED) is 0.843. The second-order valence-electron chi connectivity index (χ2n) is 6.45. The molecule has 0 saturated carbocycles. The molecule has 2 heterocycles. The van der Waals surface area contributed by atoms with Gasteiger partial charge in [0.05, 0.1) is 12.5 Å². The molecule has 0 bridgehead atoms. The highest BCUT2D eigenvalue weighted by atomic mass is 35.5. The molecule has 1 aliphatic rings. The predicted octanol–water partition coefficient (Wildman–Crippen LogP) is 2.09. The first-order valence-corrected chi connectivity index (χ1v) is 8.75. The van der Waals surface area contributed by atoms with Crippen molar-refractivity contribution < 1.29 is 18.9 Å². The third kappa shape index (κ3) is 4.46. The molecule has 1 aromatic heterocycles. The summed E-state index contributed by atoms with van der Waals surface area (Å²) in [4.78, 5) is 39.8. The monoisotopic (exact) mass is 390 g/mol. The number of hydrogen-bond acceptors (Lipinski definition) is 5. The van der Waals surface area contributed by atoms with E-state index in [4.69, 9.17) is 16.1 Å². The molecule has 3 rings (SSSR count). The maximum atomic E-state index is 12.6. The lowest BCUT2D eigenvalue weighted by atomic mass is 10.1. The van der Waals surface area contributed by atoms with Crippen LogP contribution in [0.5, 0.6) is 0 Å². The normalized spacial score (nSPS) is 16.5. The summed E-state index contributed by atoms with van der Waals surface area (Å²) in [6, 6.07) is 8.45. The van der Waals surface area contributed by atoms with Gasteiger partial charge in [-0.15, -0.1) is 0 Å². The molecule has 0 radical (unpaired) electrons. The number of carbonyl (C=O) groups excluding carboxylic acids is 3. The average molecular weight is 391 g/mol. The van der Waals surface area contributed by atoms with E-state index in [2.05, 4.69) is 10.5 Å². The van der Waals surface area contributed by atoms with Crippen LogP contribution in [-0.4, -0.2) is 47.9 Å². The largest absolute Gasteiger partial charge is 0.360 e. The molecule has 142 valence electrons. The first-order valence-electron chi connectivity index (χ1n) is 8.37. The van der Waals surface area contributed by atoms with Gasteiger partial charge in [0.2, 0.25) is 17.7 Å². The number of aromatic nitrogens is 1. The summed E-state index contributed by atoms with van der Waals surface area (Å²) < 4.78 is 4.88. The minimum atomic E-state index is -0.500. The van der Waals surface area contributed by atoms with E-state index in [1.54, 1.807) is 42.2 Å². The van der Waals surface area contributed by atoms with Crippen molar-refractivity contribution in [2.24, 2.45) is 5.92 Å². The number of carbonyl (C=O) groups is 3. The lowest BCUT2D eigenvalue weighted by Crippen LogP contribution is -2.39. The molecule has 0 aliphatic carbocycles. The summed E-state index contributed by atoms with van der Waals surface area (Å²) in [7, 11) is 1.53. The van der Waals surface area contributed by atoms with Crippen LogP contribution in [0, 0.1) is 12.8 Å². The molecule has 0 spiro atoms. The van der Waals surface area contributed by atoms with Gasteiger partial charge in [0.1, 0.15) is 5.76 Å². The molecule has 1 N–H and O–H groups in total. The minimum Gasteiger partial charge on any atom is -0.360 e. The van der Waals surface area contributed by atoms with Crippen molar-refractivity contribution in [3.8, 4) is 0 Å². The van der Waals surface area contributed by atoms with Gasteiger partial charge in [0.25, 0.3) is 0 Å². The number of likely N-dealkylation sites (N-methyl/N-ethyl adjacent to an activating group) is 1. The van der Waals surface area contributed by atoms with E-state index < -0.39 is 11.8 Å². The molecule has 1 fully saturated rings. The zero-order valence-corrected chi connectivity index (χ0v) is 15.7. The average Bonchev–Trinajstić information content (AvgIpc) is 3.20. The third-order valence-electron chi connectivity index (χ3n) is 4.27. The Morgan fingerprint density at radius 3 is 2.70 bits per heavy atom. The minimum absolute atomic E-state index is 0.107. The van der Waals surface area contributed by atoms with Gasteiger partial charge in [0.15, 0.2) is 5.82 Å². The first kappa shape index (κ1) is 18.9. The van der Waals surface area contributed by atoms with E-state index in [9.17, 15) is 14.4 Å². The summed E-state index contributed by atoms with van der Waals surface area (Å²) in [5, 5.41) is 6.81. The number of hydrogen-bond donors (Lipinski definition) is 1. The third-order valence-corrected chi connectivity index (χ3v) is 4.52. The molecule has 1 aliphatic heterocycles. The summed E-state index contributed by atoms with van der Waals surface area (Å²) in [6.07, 6.45) is 0.107. The Hall–Kier alpha value is -2.87. The van der Waals surface area contributed by atoms with Crippen molar-refractivity contribution in [2.75, 3.05) is 30.4 Å².